The summed E-state index contributed by atoms with van der Waals surface area (Å²) in [7, 11) is 0. The predicted molar refractivity (Wildman–Crippen MR) is 98.6 cm³/mol. The molecule has 5 nitrogen and oxygen atoms in total. The number of aromatic nitrogens is 2. The largest absolute Gasteiger partial charge is 0.349 e. The minimum absolute atomic E-state index is 0.104. The zero-order chi connectivity index (χ0) is 17.9. The van der Waals surface area contributed by atoms with E-state index >= 15 is 0 Å². The molecule has 3 aromatic rings. The molecule has 1 atom stereocenters. The van der Waals surface area contributed by atoms with E-state index in [1.165, 1.54) is 29.2 Å². The Morgan fingerprint density at radius 3 is 3.12 bits per heavy atom. The number of nitrogens with one attached hydrogen (secondary N) is 1. The van der Waals surface area contributed by atoms with Gasteiger partial charge in [-0.15, -0.1) is 23.1 Å². The molecule has 0 aliphatic carbocycles. The molecule has 0 fully saturated rings. The first-order valence-corrected chi connectivity index (χ1v) is 10.1. The number of carbonyl (C=O) groups excluding carboxylic acids is 1. The molecule has 4 rings (SSSR count). The molecule has 0 saturated carbocycles. The lowest BCUT2D eigenvalue weighted by Crippen LogP contribution is -2.31. The van der Waals surface area contributed by atoms with Gasteiger partial charge in [0.05, 0.1) is 10.9 Å². The molecule has 3 heterocycles. The third kappa shape index (κ3) is 3.66. The van der Waals surface area contributed by atoms with Gasteiger partial charge in [0.2, 0.25) is 17.6 Å². The monoisotopic (exact) mass is 389 g/mol. The number of amides is 1. The number of carbonyl (C=O) groups is 1. The lowest BCUT2D eigenvalue weighted by atomic mass is 10.0. The van der Waals surface area contributed by atoms with Crippen LogP contribution in [0.25, 0.3) is 10.7 Å². The zero-order valence-electron chi connectivity index (χ0n) is 13.8. The Balaban J connectivity index is 1.36. The van der Waals surface area contributed by atoms with Gasteiger partial charge in [-0.3, -0.25) is 4.79 Å². The number of hydrogen-bond donors (Lipinski definition) is 1. The Morgan fingerprint density at radius 1 is 1.35 bits per heavy atom. The molecular weight excluding hydrogens is 373 g/mol. The third-order valence-corrected chi connectivity index (χ3v) is 6.16. The highest BCUT2D eigenvalue weighted by Gasteiger charge is 2.24. The van der Waals surface area contributed by atoms with Gasteiger partial charge in [0.1, 0.15) is 5.82 Å². The summed E-state index contributed by atoms with van der Waals surface area (Å²) in [6.45, 7) is 0. The van der Waals surface area contributed by atoms with E-state index in [1.54, 1.807) is 6.07 Å². The summed E-state index contributed by atoms with van der Waals surface area (Å²) in [5.74, 6) is 1.44. The number of benzene rings is 1. The van der Waals surface area contributed by atoms with Crippen LogP contribution >= 0.6 is 23.1 Å². The van der Waals surface area contributed by atoms with Gasteiger partial charge >= 0.3 is 0 Å². The highest BCUT2D eigenvalue weighted by Crippen LogP contribution is 2.37. The maximum absolute atomic E-state index is 13.9. The van der Waals surface area contributed by atoms with Crippen LogP contribution in [0.5, 0.6) is 0 Å². The Morgan fingerprint density at radius 2 is 2.27 bits per heavy atom. The van der Waals surface area contributed by atoms with Crippen molar-refractivity contribution in [3.63, 3.8) is 0 Å². The van der Waals surface area contributed by atoms with E-state index in [0.29, 0.717) is 23.0 Å². The molecule has 2 aromatic heterocycles. The van der Waals surface area contributed by atoms with Crippen molar-refractivity contribution in [2.75, 3.05) is 5.75 Å². The van der Waals surface area contributed by atoms with Crippen LogP contribution in [0.15, 0.2) is 45.1 Å². The van der Waals surface area contributed by atoms with Crippen molar-refractivity contribution in [1.82, 2.24) is 15.5 Å². The second kappa shape index (κ2) is 7.59. The smallest absolute Gasteiger partial charge is 0.227 e. The summed E-state index contributed by atoms with van der Waals surface area (Å²) in [5.41, 5.74) is 0.854. The Labute approximate surface area is 158 Å². The van der Waals surface area contributed by atoms with Crippen LogP contribution in [0.2, 0.25) is 0 Å². The van der Waals surface area contributed by atoms with E-state index in [0.717, 1.165) is 22.6 Å². The quantitative estimate of drug-likeness (QED) is 0.707. The molecule has 0 radical (unpaired) electrons. The standard InChI is InChI=1S/C18H16FN3O2S2/c19-12-4-1-3-11-13(8-10-26-17(11)12)20-15(23)6-7-16-21-18(22-24-16)14-5-2-9-25-14/h1-5,9,13H,6-8,10H2,(H,20,23). The van der Waals surface area contributed by atoms with E-state index in [-0.39, 0.29) is 24.2 Å². The lowest BCUT2D eigenvalue weighted by Gasteiger charge is -2.26. The summed E-state index contributed by atoms with van der Waals surface area (Å²) >= 11 is 3.03. The van der Waals surface area contributed by atoms with Crippen molar-refractivity contribution in [2.24, 2.45) is 0 Å². The minimum Gasteiger partial charge on any atom is -0.349 e. The Hall–Kier alpha value is -2.19. The summed E-state index contributed by atoms with van der Waals surface area (Å²) in [4.78, 5) is 18.2. The minimum atomic E-state index is -0.224. The van der Waals surface area contributed by atoms with Gasteiger partial charge in [-0.05, 0) is 29.5 Å². The molecule has 0 bridgehead atoms. The van der Waals surface area contributed by atoms with Crippen LogP contribution in [-0.4, -0.2) is 21.8 Å². The maximum Gasteiger partial charge on any atom is 0.227 e. The van der Waals surface area contributed by atoms with E-state index in [2.05, 4.69) is 15.5 Å². The van der Waals surface area contributed by atoms with Crippen LogP contribution in [0, 0.1) is 5.82 Å². The molecule has 0 spiro atoms. The van der Waals surface area contributed by atoms with E-state index in [9.17, 15) is 9.18 Å². The van der Waals surface area contributed by atoms with Gasteiger partial charge < -0.3 is 9.84 Å². The number of thiophene rings is 1. The third-order valence-electron chi connectivity index (χ3n) is 4.14. The van der Waals surface area contributed by atoms with E-state index < -0.39 is 0 Å². The number of aryl methyl sites for hydroxylation is 1. The number of thioether (sulfide) groups is 1. The molecule has 8 heteroatoms. The summed E-state index contributed by atoms with van der Waals surface area (Å²) in [5, 5.41) is 8.89. The normalized spacial score (nSPS) is 16.3. The summed E-state index contributed by atoms with van der Waals surface area (Å²) in [6, 6.07) is 8.70. The first-order valence-electron chi connectivity index (χ1n) is 8.28. The van der Waals surface area contributed by atoms with E-state index in [4.69, 9.17) is 4.52 Å². The molecular formula is C18H16FN3O2S2. The fraction of sp³-hybridized carbons (Fsp3) is 0.278. The zero-order valence-corrected chi connectivity index (χ0v) is 15.4. The van der Waals surface area contributed by atoms with Crippen molar-refractivity contribution in [3.8, 4) is 10.7 Å². The molecule has 26 heavy (non-hydrogen) atoms. The molecule has 0 saturated heterocycles. The lowest BCUT2D eigenvalue weighted by molar-refractivity contribution is -0.121. The van der Waals surface area contributed by atoms with Gasteiger partial charge in [0.25, 0.3) is 0 Å². The molecule has 1 N–H and O–H groups in total. The molecule has 134 valence electrons. The van der Waals surface area contributed by atoms with Crippen molar-refractivity contribution in [3.05, 3.63) is 53.0 Å². The topological polar surface area (TPSA) is 68.0 Å². The Bertz CT molecular complexity index is 911. The number of rotatable bonds is 5. The molecule has 1 aliphatic heterocycles. The van der Waals surface area contributed by atoms with Gasteiger partial charge in [0.15, 0.2) is 0 Å². The van der Waals surface area contributed by atoms with Gasteiger partial charge in [0, 0.05) is 23.5 Å². The fourth-order valence-electron chi connectivity index (χ4n) is 2.89. The first-order chi connectivity index (χ1) is 12.7. The fourth-order valence-corrected chi connectivity index (χ4v) is 4.68. The molecule has 1 amide bonds. The van der Waals surface area contributed by atoms with Crippen LogP contribution in [-0.2, 0) is 11.2 Å². The van der Waals surface area contributed by atoms with Crippen molar-refractivity contribution >= 4 is 29.0 Å². The van der Waals surface area contributed by atoms with E-state index in [1.807, 2.05) is 23.6 Å². The molecule has 1 unspecified atom stereocenters. The second-order valence-corrected chi connectivity index (χ2v) is 7.96. The summed E-state index contributed by atoms with van der Waals surface area (Å²) in [6.07, 6.45) is 1.41. The molecule has 1 aromatic carbocycles. The van der Waals surface area contributed by atoms with Crippen molar-refractivity contribution < 1.29 is 13.7 Å². The van der Waals surface area contributed by atoms with Gasteiger partial charge in [-0.25, -0.2) is 4.39 Å². The van der Waals surface area contributed by atoms with Crippen LogP contribution in [0.3, 0.4) is 0 Å². The van der Waals surface area contributed by atoms with Gasteiger partial charge in [-0.2, -0.15) is 4.98 Å². The Kier molecular flexibility index (Phi) is 5.03. The maximum atomic E-state index is 13.9. The summed E-state index contributed by atoms with van der Waals surface area (Å²) < 4.78 is 19.1. The number of hydrogen-bond acceptors (Lipinski definition) is 6. The van der Waals surface area contributed by atoms with Crippen LogP contribution in [0.1, 0.15) is 30.3 Å². The number of halogens is 1. The van der Waals surface area contributed by atoms with Crippen molar-refractivity contribution in [1.29, 1.82) is 0 Å². The van der Waals surface area contributed by atoms with Crippen LogP contribution < -0.4 is 5.32 Å². The molecule has 1 aliphatic rings. The number of nitrogens with zero attached hydrogens (tertiary/aromatic N) is 2. The van der Waals surface area contributed by atoms with Gasteiger partial charge in [-0.1, -0.05) is 23.4 Å². The second-order valence-electron chi connectivity index (χ2n) is 5.90. The number of fused-ring (bicyclic) bond motifs is 1. The average molecular weight is 389 g/mol. The highest BCUT2D eigenvalue weighted by molar-refractivity contribution is 7.99. The van der Waals surface area contributed by atoms with Crippen molar-refractivity contribution in [2.45, 2.75) is 30.2 Å². The SMILES string of the molecule is O=C(CCc1nc(-c2cccs2)no1)NC1CCSc2c(F)cccc21. The first kappa shape index (κ1) is 17.2. The predicted octanol–water partition coefficient (Wildman–Crippen LogP) is 4.22. The highest BCUT2D eigenvalue weighted by atomic mass is 32.2. The average Bonchev–Trinajstić information content (AvgIpc) is 3.32. The van der Waals surface area contributed by atoms with Crippen LogP contribution in [0.4, 0.5) is 4.39 Å².